The van der Waals surface area contributed by atoms with Gasteiger partial charge in [0.25, 0.3) is 5.69 Å². The number of hydrogen-bond donors (Lipinski definition) is 1. The highest BCUT2D eigenvalue weighted by Crippen LogP contribution is 2.25. The van der Waals surface area contributed by atoms with Gasteiger partial charge in [-0.25, -0.2) is 8.42 Å². The molecule has 0 heterocycles. The van der Waals surface area contributed by atoms with Crippen LogP contribution in [0.3, 0.4) is 0 Å². The molecule has 0 fully saturated rings. The summed E-state index contributed by atoms with van der Waals surface area (Å²) in [5.41, 5.74) is -0.404. The molecule has 5 nitrogen and oxygen atoms in total. The Morgan fingerprint density at radius 1 is 1.38 bits per heavy atom. The van der Waals surface area contributed by atoms with Crippen LogP contribution in [0, 0.1) is 10.1 Å². The first-order valence-electron chi connectivity index (χ1n) is 3.10. The summed E-state index contributed by atoms with van der Waals surface area (Å²) in [6, 6.07) is 3.31. The molecule has 1 aromatic carbocycles. The highest BCUT2D eigenvalue weighted by Gasteiger charge is 2.13. The van der Waals surface area contributed by atoms with Crippen molar-refractivity contribution in [1.29, 1.82) is 0 Å². The third kappa shape index (κ3) is 2.16. The lowest BCUT2D eigenvalue weighted by atomic mass is 10.3. The molecule has 0 N–H and O–H groups in total. The first-order chi connectivity index (χ1) is 6.02. The maximum absolute atomic E-state index is 10.5. The fraction of sp³-hybridized carbons (Fsp3) is 0. The van der Waals surface area contributed by atoms with Gasteiger partial charge in [0.1, 0.15) is 5.02 Å². The smallest absolute Gasteiger partial charge is 0.258 e. The van der Waals surface area contributed by atoms with Gasteiger partial charge in [0.15, 0.2) is 10.7 Å². The second-order valence-electron chi connectivity index (χ2n) is 2.15. The lowest BCUT2D eigenvalue weighted by Gasteiger charge is -1.94. The Morgan fingerprint density at radius 3 is 2.46 bits per heavy atom. The average Bonchev–Trinajstić information content (AvgIpc) is 2.04. The van der Waals surface area contributed by atoms with Crippen molar-refractivity contribution < 1.29 is 13.3 Å². The van der Waals surface area contributed by atoms with Crippen LogP contribution >= 0.6 is 11.6 Å². The van der Waals surface area contributed by atoms with E-state index in [0.717, 1.165) is 6.07 Å². The molecule has 0 aliphatic rings. The van der Waals surface area contributed by atoms with Crippen molar-refractivity contribution >= 4 is 28.0 Å². The molecular weight excluding hydrogens is 218 g/mol. The van der Waals surface area contributed by atoms with Gasteiger partial charge in [0, 0.05) is 6.07 Å². The molecule has 7 heteroatoms. The summed E-state index contributed by atoms with van der Waals surface area (Å²) >= 11 is 5.46. The second kappa shape index (κ2) is 3.71. The van der Waals surface area contributed by atoms with Crippen LogP contribution in [0.25, 0.3) is 0 Å². The second-order valence-corrected chi connectivity index (χ2v) is 3.59. The van der Waals surface area contributed by atoms with E-state index in [-0.39, 0.29) is 9.92 Å². The first-order valence-corrected chi connectivity index (χ1v) is 4.66. The zero-order valence-corrected chi connectivity index (χ0v) is 7.79. The Hall–Kier alpha value is -1.14. The standard InChI is InChI=1S/C6H4ClNO4S/c7-5-2-1-4(13(11)12)3-6(5)8(9)10/h1-3,13H. The maximum Gasteiger partial charge on any atom is 0.289 e. The monoisotopic (exact) mass is 221 g/mol. The Kier molecular flexibility index (Phi) is 2.84. The predicted molar refractivity (Wildman–Crippen MR) is 46.7 cm³/mol. The molecular formula is C6H4ClNO4S. The van der Waals surface area contributed by atoms with Crippen LogP contribution in [0.4, 0.5) is 5.69 Å². The quantitative estimate of drug-likeness (QED) is 0.463. The summed E-state index contributed by atoms with van der Waals surface area (Å²) in [6.07, 6.45) is 0. The summed E-state index contributed by atoms with van der Waals surface area (Å²) in [4.78, 5) is 9.47. The Labute approximate surface area is 80.0 Å². The topological polar surface area (TPSA) is 77.3 Å². The number of thiol groups is 1. The van der Waals surface area contributed by atoms with E-state index in [0.29, 0.717) is 0 Å². The van der Waals surface area contributed by atoms with E-state index >= 15 is 0 Å². The van der Waals surface area contributed by atoms with Crippen LogP contribution in [-0.4, -0.2) is 13.3 Å². The maximum atomic E-state index is 10.5. The minimum Gasteiger partial charge on any atom is -0.258 e. The summed E-state index contributed by atoms with van der Waals surface area (Å²) in [7, 11) is -2.81. The molecule has 0 radical (unpaired) electrons. The number of hydrogen-bond acceptors (Lipinski definition) is 4. The minimum atomic E-state index is -2.81. The van der Waals surface area contributed by atoms with Crippen molar-refractivity contribution in [2.24, 2.45) is 0 Å². The van der Waals surface area contributed by atoms with E-state index in [1.807, 2.05) is 0 Å². The van der Waals surface area contributed by atoms with E-state index in [2.05, 4.69) is 0 Å². The molecule has 0 amide bonds. The lowest BCUT2D eigenvalue weighted by Crippen LogP contribution is -1.90. The van der Waals surface area contributed by atoms with Gasteiger partial charge in [-0.15, -0.1) is 0 Å². The van der Waals surface area contributed by atoms with Gasteiger partial charge in [-0.1, -0.05) is 11.6 Å². The van der Waals surface area contributed by atoms with Crippen molar-refractivity contribution in [3.63, 3.8) is 0 Å². The normalized spacial score (nSPS) is 10.3. The van der Waals surface area contributed by atoms with Gasteiger partial charge in [0.05, 0.1) is 9.82 Å². The van der Waals surface area contributed by atoms with Gasteiger partial charge >= 0.3 is 0 Å². The van der Waals surface area contributed by atoms with Crippen LogP contribution in [0.2, 0.25) is 5.02 Å². The third-order valence-electron chi connectivity index (χ3n) is 1.34. The van der Waals surface area contributed by atoms with Crippen molar-refractivity contribution in [2.75, 3.05) is 0 Å². The number of benzene rings is 1. The van der Waals surface area contributed by atoms with Gasteiger partial charge in [-0.3, -0.25) is 10.1 Å². The Bertz CT molecular complexity index is 421. The fourth-order valence-corrected chi connectivity index (χ4v) is 1.37. The van der Waals surface area contributed by atoms with Gasteiger partial charge in [-0.05, 0) is 12.1 Å². The first kappa shape index (κ1) is 9.94. The van der Waals surface area contributed by atoms with Crippen LogP contribution in [0.1, 0.15) is 0 Å². The third-order valence-corrected chi connectivity index (χ3v) is 2.36. The molecule has 0 unspecified atom stereocenters. The van der Waals surface area contributed by atoms with Crippen molar-refractivity contribution in [3.05, 3.63) is 33.3 Å². The van der Waals surface area contributed by atoms with E-state index in [9.17, 15) is 18.5 Å². The molecule has 1 aromatic rings. The predicted octanol–water partition coefficient (Wildman–Crippen LogP) is 1.22. The van der Waals surface area contributed by atoms with Crippen LogP contribution in [0.5, 0.6) is 0 Å². The summed E-state index contributed by atoms with van der Waals surface area (Å²) < 4.78 is 20.9. The molecule has 0 atom stereocenters. The van der Waals surface area contributed by atoms with Crippen molar-refractivity contribution in [3.8, 4) is 0 Å². The SMILES string of the molecule is O=[N+]([O-])c1cc([SH](=O)=O)ccc1Cl. The number of rotatable bonds is 2. The Balaban J connectivity index is 3.35. The Morgan fingerprint density at radius 2 is 2.00 bits per heavy atom. The van der Waals surface area contributed by atoms with Crippen molar-refractivity contribution in [2.45, 2.75) is 4.90 Å². The van der Waals surface area contributed by atoms with Crippen molar-refractivity contribution in [1.82, 2.24) is 0 Å². The minimum absolute atomic E-state index is 0.0781. The zero-order chi connectivity index (χ0) is 10.0. The molecule has 70 valence electrons. The molecule has 13 heavy (non-hydrogen) atoms. The fourth-order valence-electron chi connectivity index (χ4n) is 0.755. The van der Waals surface area contributed by atoms with Gasteiger partial charge in [-0.2, -0.15) is 0 Å². The van der Waals surface area contributed by atoms with Gasteiger partial charge in [0.2, 0.25) is 0 Å². The van der Waals surface area contributed by atoms with E-state index in [1.165, 1.54) is 12.1 Å². The molecule has 0 aliphatic heterocycles. The van der Waals surface area contributed by atoms with Crippen LogP contribution in [0.15, 0.2) is 23.1 Å². The number of nitro groups is 1. The molecule has 0 aromatic heterocycles. The highest BCUT2D eigenvalue weighted by atomic mass is 35.5. The molecule has 0 aliphatic carbocycles. The highest BCUT2D eigenvalue weighted by molar-refractivity contribution is 7.72. The molecule has 0 saturated heterocycles. The molecule has 0 saturated carbocycles. The summed E-state index contributed by atoms with van der Waals surface area (Å²) in [5.74, 6) is 0. The zero-order valence-electron chi connectivity index (χ0n) is 6.14. The lowest BCUT2D eigenvalue weighted by molar-refractivity contribution is -0.384. The van der Waals surface area contributed by atoms with Gasteiger partial charge < -0.3 is 0 Å². The molecule has 0 bridgehead atoms. The summed E-state index contributed by atoms with van der Waals surface area (Å²) in [5, 5.41) is 10.2. The summed E-state index contributed by atoms with van der Waals surface area (Å²) in [6.45, 7) is 0. The number of halogens is 1. The average molecular weight is 222 g/mol. The largest absolute Gasteiger partial charge is 0.289 e. The van der Waals surface area contributed by atoms with E-state index < -0.39 is 21.3 Å². The van der Waals surface area contributed by atoms with Crippen LogP contribution < -0.4 is 0 Å². The number of nitrogens with zero attached hydrogens (tertiary/aromatic N) is 1. The molecule has 1 rings (SSSR count). The number of nitro benzene ring substituents is 1. The van der Waals surface area contributed by atoms with E-state index in [4.69, 9.17) is 11.6 Å². The van der Waals surface area contributed by atoms with E-state index in [1.54, 1.807) is 0 Å². The van der Waals surface area contributed by atoms with Crippen LogP contribution in [-0.2, 0) is 10.7 Å². The molecule has 0 spiro atoms.